The quantitative estimate of drug-likeness (QED) is 0.899. The van der Waals surface area contributed by atoms with Gasteiger partial charge in [0.1, 0.15) is 0 Å². The minimum atomic E-state index is -0.188. The van der Waals surface area contributed by atoms with Gasteiger partial charge in [0.05, 0.1) is 19.3 Å². The van der Waals surface area contributed by atoms with Crippen LogP contribution in [0, 0.1) is 0 Å². The van der Waals surface area contributed by atoms with Crippen LogP contribution in [0.2, 0.25) is 0 Å². The van der Waals surface area contributed by atoms with Crippen LogP contribution in [-0.4, -0.2) is 41.1 Å². The van der Waals surface area contributed by atoms with Gasteiger partial charge in [-0.1, -0.05) is 0 Å². The molecule has 3 rings (SSSR count). The van der Waals surface area contributed by atoms with E-state index in [4.69, 9.17) is 4.74 Å². The predicted molar refractivity (Wildman–Crippen MR) is 85.4 cm³/mol. The van der Waals surface area contributed by atoms with E-state index in [0.717, 1.165) is 24.7 Å². The number of nitrogens with one attached hydrogen (secondary N) is 1. The zero-order chi connectivity index (χ0) is 16.1. The van der Waals surface area contributed by atoms with E-state index in [1.165, 1.54) is 20.0 Å². The molecule has 0 aromatic carbocycles. The van der Waals surface area contributed by atoms with Gasteiger partial charge < -0.3 is 15.0 Å². The Balaban J connectivity index is 1.63. The van der Waals surface area contributed by atoms with Crippen molar-refractivity contribution in [2.24, 2.45) is 0 Å². The van der Waals surface area contributed by atoms with Crippen LogP contribution in [-0.2, 0) is 6.54 Å². The van der Waals surface area contributed by atoms with Crippen molar-refractivity contribution < 1.29 is 9.53 Å². The summed E-state index contributed by atoms with van der Waals surface area (Å²) >= 11 is 0. The number of anilines is 1. The Bertz CT molecular complexity index is 686. The SMILES string of the molecule is COc1cc(C(=O)NCc2ccnc(N3CCCC3)n2)ccn1. The first-order valence-electron chi connectivity index (χ1n) is 7.61. The molecule has 0 saturated carbocycles. The number of carbonyl (C=O) groups excluding carboxylic acids is 1. The molecule has 0 unspecified atom stereocenters. The standard InChI is InChI=1S/C16H19N5O2/c1-23-14-10-12(4-6-17-14)15(22)19-11-13-5-7-18-16(20-13)21-8-2-3-9-21/h4-7,10H,2-3,8-9,11H2,1H3,(H,19,22). The fraction of sp³-hybridized carbons (Fsp3) is 0.375. The van der Waals surface area contributed by atoms with Crippen molar-refractivity contribution in [3.63, 3.8) is 0 Å². The number of carbonyl (C=O) groups is 1. The zero-order valence-electron chi connectivity index (χ0n) is 13.0. The number of aromatic nitrogens is 3. The Hall–Kier alpha value is -2.70. The first-order valence-corrected chi connectivity index (χ1v) is 7.61. The normalized spacial score (nSPS) is 13.9. The number of methoxy groups -OCH3 is 1. The van der Waals surface area contributed by atoms with E-state index in [9.17, 15) is 4.79 Å². The fourth-order valence-corrected chi connectivity index (χ4v) is 2.49. The maximum atomic E-state index is 12.2. The molecule has 0 atom stereocenters. The van der Waals surface area contributed by atoms with Crippen molar-refractivity contribution in [3.05, 3.63) is 41.9 Å². The van der Waals surface area contributed by atoms with Gasteiger partial charge in [0.15, 0.2) is 0 Å². The van der Waals surface area contributed by atoms with Crippen LogP contribution >= 0.6 is 0 Å². The van der Waals surface area contributed by atoms with Crippen molar-refractivity contribution in [2.75, 3.05) is 25.1 Å². The highest BCUT2D eigenvalue weighted by Crippen LogP contribution is 2.15. The molecule has 1 fully saturated rings. The molecule has 1 N–H and O–H groups in total. The molecular formula is C16H19N5O2. The lowest BCUT2D eigenvalue weighted by atomic mass is 10.2. The average Bonchev–Trinajstić information content (AvgIpc) is 3.14. The van der Waals surface area contributed by atoms with Gasteiger partial charge in [0.2, 0.25) is 11.8 Å². The molecule has 0 spiro atoms. The maximum absolute atomic E-state index is 12.2. The average molecular weight is 313 g/mol. The Kier molecular flexibility index (Phi) is 4.65. The summed E-state index contributed by atoms with van der Waals surface area (Å²) in [6.45, 7) is 2.34. The van der Waals surface area contributed by atoms with E-state index in [-0.39, 0.29) is 5.91 Å². The number of nitrogens with zero attached hydrogens (tertiary/aromatic N) is 4. The van der Waals surface area contributed by atoms with Gasteiger partial charge in [-0.05, 0) is 25.0 Å². The highest BCUT2D eigenvalue weighted by Gasteiger charge is 2.15. The second kappa shape index (κ2) is 7.04. The van der Waals surface area contributed by atoms with Crippen LogP contribution in [0.4, 0.5) is 5.95 Å². The molecule has 0 bridgehead atoms. The molecule has 1 aliphatic heterocycles. The number of amides is 1. The lowest BCUT2D eigenvalue weighted by Crippen LogP contribution is -2.25. The molecule has 1 amide bonds. The smallest absolute Gasteiger partial charge is 0.251 e. The second-order valence-corrected chi connectivity index (χ2v) is 5.31. The third kappa shape index (κ3) is 3.74. The van der Waals surface area contributed by atoms with Crippen molar-refractivity contribution >= 4 is 11.9 Å². The third-order valence-corrected chi connectivity index (χ3v) is 3.73. The first-order chi connectivity index (χ1) is 11.3. The molecule has 0 aliphatic carbocycles. The van der Waals surface area contributed by atoms with Crippen molar-refractivity contribution in [2.45, 2.75) is 19.4 Å². The molecule has 23 heavy (non-hydrogen) atoms. The summed E-state index contributed by atoms with van der Waals surface area (Å²) in [6, 6.07) is 5.06. The number of rotatable bonds is 5. The van der Waals surface area contributed by atoms with Crippen molar-refractivity contribution in [3.8, 4) is 5.88 Å². The van der Waals surface area contributed by atoms with E-state index in [2.05, 4.69) is 25.2 Å². The van der Waals surface area contributed by atoms with Gasteiger partial charge in [-0.25, -0.2) is 15.0 Å². The summed E-state index contributed by atoms with van der Waals surface area (Å²) in [4.78, 5) is 27.2. The molecule has 7 nitrogen and oxygen atoms in total. The van der Waals surface area contributed by atoms with Crippen LogP contribution in [0.5, 0.6) is 5.88 Å². The van der Waals surface area contributed by atoms with Gasteiger partial charge in [0, 0.05) is 37.1 Å². The lowest BCUT2D eigenvalue weighted by Gasteiger charge is -2.15. The molecule has 0 radical (unpaired) electrons. The number of pyridine rings is 1. The predicted octanol–water partition coefficient (Wildman–Crippen LogP) is 1.41. The maximum Gasteiger partial charge on any atom is 0.251 e. The summed E-state index contributed by atoms with van der Waals surface area (Å²) in [5.74, 6) is 0.961. The van der Waals surface area contributed by atoms with Crippen LogP contribution in [0.15, 0.2) is 30.6 Å². The molecule has 1 aliphatic rings. The van der Waals surface area contributed by atoms with E-state index in [1.807, 2.05) is 6.07 Å². The van der Waals surface area contributed by atoms with Crippen LogP contribution in [0.25, 0.3) is 0 Å². The zero-order valence-corrected chi connectivity index (χ0v) is 13.0. The van der Waals surface area contributed by atoms with E-state index < -0.39 is 0 Å². The molecule has 120 valence electrons. The number of hydrogen-bond acceptors (Lipinski definition) is 6. The largest absolute Gasteiger partial charge is 0.481 e. The van der Waals surface area contributed by atoms with E-state index in [0.29, 0.717) is 18.0 Å². The van der Waals surface area contributed by atoms with Gasteiger partial charge in [-0.3, -0.25) is 4.79 Å². The van der Waals surface area contributed by atoms with Gasteiger partial charge in [-0.15, -0.1) is 0 Å². The monoisotopic (exact) mass is 313 g/mol. The van der Waals surface area contributed by atoms with Gasteiger partial charge >= 0.3 is 0 Å². The van der Waals surface area contributed by atoms with Crippen molar-refractivity contribution in [1.82, 2.24) is 20.3 Å². The summed E-state index contributed by atoms with van der Waals surface area (Å²) in [5.41, 5.74) is 1.29. The third-order valence-electron chi connectivity index (χ3n) is 3.73. The Morgan fingerprint density at radius 1 is 1.26 bits per heavy atom. The number of hydrogen-bond donors (Lipinski definition) is 1. The second-order valence-electron chi connectivity index (χ2n) is 5.31. The minimum Gasteiger partial charge on any atom is -0.481 e. The minimum absolute atomic E-state index is 0.188. The summed E-state index contributed by atoms with van der Waals surface area (Å²) < 4.78 is 5.02. The van der Waals surface area contributed by atoms with Crippen molar-refractivity contribution in [1.29, 1.82) is 0 Å². The summed E-state index contributed by atoms with van der Waals surface area (Å²) in [5, 5.41) is 2.85. The lowest BCUT2D eigenvalue weighted by molar-refractivity contribution is 0.0950. The highest BCUT2D eigenvalue weighted by molar-refractivity contribution is 5.94. The highest BCUT2D eigenvalue weighted by atomic mass is 16.5. The number of ether oxygens (including phenoxy) is 1. The molecule has 2 aromatic heterocycles. The molecular weight excluding hydrogens is 294 g/mol. The topological polar surface area (TPSA) is 80.2 Å². The molecule has 7 heteroatoms. The van der Waals surface area contributed by atoms with E-state index >= 15 is 0 Å². The first kappa shape index (κ1) is 15.2. The van der Waals surface area contributed by atoms with E-state index in [1.54, 1.807) is 24.5 Å². The van der Waals surface area contributed by atoms with Crippen LogP contribution in [0.1, 0.15) is 28.9 Å². The fourth-order valence-electron chi connectivity index (χ4n) is 2.49. The summed E-state index contributed by atoms with van der Waals surface area (Å²) in [7, 11) is 1.52. The molecule has 3 heterocycles. The summed E-state index contributed by atoms with van der Waals surface area (Å²) in [6.07, 6.45) is 5.63. The molecule has 1 saturated heterocycles. The Morgan fingerprint density at radius 2 is 2.04 bits per heavy atom. The van der Waals surface area contributed by atoms with Crippen LogP contribution < -0.4 is 15.0 Å². The Labute approximate surface area is 134 Å². The molecule has 2 aromatic rings. The van der Waals surface area contributed by atoms with Gasteiger partial charge in [0.25, 0.3) is 5.91 Å². The van der Waals surface area contributed by atoms with Gasteiger partial charge in [-0.2, -0.15) is 0 Å². The Morgan fingerprint density at radius 3 is 2.83 bits per heavy atom. The van der Waals surface area contributed by atoms with Crippen LogP contribution in [0.3, 0.4) is 0 Å².